The van der Waals surface area contributed by atoms with E-state index in [4.69, 9.17) is 14.2 Å². The first-order valence-corrected chi connectivity index (χ1v) is 11.3. The predicted octanol–water partition coefficient (Wildman–Crippen LogP) is 4.23. The number of benzene rings is 2. The fourth-order valence-electron chi connectivity index (χ4n) is 3.78. The third-order valence-electron chi connectivity index (χ3n) is 5.42. The van der Waals surface area contributed by atoms with E-state index in [0.717, 1.165) is 30.6 Å². The predicted molar refractivity (Wildman–Crippen MR) is 119 cm³/mol. The normalized spacial score (nSPS) is 16.2. The molecule has 0 bridgehead atoms. The van der Waals surface area contributed by atoms with Crippen molar-refractivity contribution in [2.24, 2.45) is 0 Å². The second-order valence-corrected chi connectivity index (χ2v) is 8.52. The van der Waals surface area contributed by atoms with Crippen molar-refractivity contribution in [1.29, 1.82) is 0 Å². The lowest BCUT2D eigenvalue weighted by Crippen LogP contribution is -2.28. The van der Waals surface area contributed by atoms with Gasteiger partial charge in [-0.05, 0) is 37.5 Å². The summed E-state index contributed by atoms with van der Waals surface area (Å²) in [5.74, 6) is 1.49. The SMILES string of the molecule is Cc1ccccc1-c1noc(CSc2nc3ccccc3c(=O)n2CC2CCCO2)n1. The standard InChI is InChI=1S/C23H22N4O3S/c1-15-7-2-3-9-17(15)21-25-20(30-26-21)14-31-23-24-19-11-5-4-10-18(19)22(28)27(23)13-16-8-6-12-29-16/h2-5,7,9-11,16H,6,8,12-14H2,1H3. The van der Waals surface area contributed by atoms with Gasteiger partial charge in [-0.15, -0.1) is 0 Å². The Morgan fingerprint density at radius 1 is 1.13 bits per heavy atom. The highest BCUT2D eigenvalue weighted by molar-refractivity contribution is 7.98. The first-order chi connectivity index (χ1) is 15.2. The highest BCUT2D eigenvalue weighted by Gasteiger charge is 2.21. The first kappa shape index (κ1) is 20.0. The van der Waals surface area contributed by atoms with Gasteiger partial charge in [0.05, 0.1) is 29.3 Å². The molecule has 31 heavy (non-hydrogen) atoms. The van der Waals surface area contributed by atoms with Gasteiger partial charge in [0.2, 0.25) is 11.7 Å². The largest absolute Gasteiger partial charge is 0.376 e. The summed E-state index contributed by atoms with van der Waals surface area (Å²) in [5, 5.41) is 5.37. The molecule has 3 heterocycles. The van der Waals surface area contributed by atoms with E-state index in [1.54, 1.807) is 4.57 Å². The van der Waals surface area contributed by atoms with Crippen LogP contribution in [0.15, 0.2) is 63.0 Å². The summed E-state index contributed by atoms with van der Waals surface area (Å²) in [5.41, 5.74) is 2.67. The van der Waals surface area contributed by atoms with Crippen LogP contribution in [-0.2, 0) is 17.0 Å². The van der Waals surface area contributed by atoms with Gasteiger partial charge in [0.25, 0.3) is 5.56 Å². The summed E-state index contributed by atoms with van der Waals surface area (Å²) in [4.78, 5) is 22.5. The van der Waals surface area contributed by atoms with Crippen LogP contribution in [0.25, 0.3) is 22.3 Å². The maximum atomic E-state index is 13.2. The minimum Gasteiger partial charge on any atom is -0.376 e. The summed E-state index contributed by atoms with van der Waals surface area (Å²) in [6, 6.07) is 15.4. The van der Waals surface area contributed by atoms with E-state index in [1.165, 1.54) is 11.8 Å². The molecule has 0 radical (unpaired) electrons. The van der Waals surface area contributed by atoms with E-state index in [0.29, 0.717) is 40.1 Å². The number of fused-ring (bicyclic) bond motifs is 1. The number of ether oxygens (including phenoxy) is 1. The Hall–Kier alpha value is -2.97. The van der Waals surface area contributed by atoms with Crippen molar-refractivity contribution in [2.45, 2.75) is 43.3 Å². The van der Waals surface area contributed by atoms with Crippen LogP contribution in [-0.4, -0.2) is 32.4 Å². The Balaban J connectivity index is 1.43. The van der Waals surface area contributed by atoms with Gasteiger partial charge < -0.3 is 9.26 Å². The van der Waals surface area contributed by atoms with Crippen molar-refractivity contribution in [3.63, 3.8) is 0 Å². The maximum absolute atomic E-state index is 13.2. The quantitative estimate of drug-likeness (QED) is 0.332. The number of rotatable bonds is 6. The van der Waals surface area contributed by atoms with Crippen molar-refractivity contribution in [3.05, 3.63) is 70.3 Å². The Bertz CT molecular complexity index is 1280. The number of hydrogen-bond acceptors (Lipinski definition) is 7. The zero-order chi connectivity index (χ0) is 21.2. The highest BCUT2D eigenvalue weighted by atomic mass is 32.2. The van der Waals surface area contributed by atoms with E-state index in [2.05, 4.69) is 10.1 Å². The Kier molecular flexibility index (Phi) is 5.57. The number of aryl methyl sites for hydroxylation is 1. The van der Waals surface area contributed by atoms with Crippen molar-refractivity contribution >= 4 is 22.7 Å². The molecule has 158 valence electrons. The van der Waals surface area contributed by atoms with Crippen LogP contribution >= 0.6 is 11.8 Å². The smallest absolute Gasteiger partial charge is 0.262 e. The van der Waals surface area contributed by atoms with Crippen molar-refractivity contribution in [2.75, 3.05) is 6.61 Å². The molecule has 1 fully saturated rings. The molecule has 8 heteroatoms. The van der Waals surface area contributed by atoms with Crippen molar-refractivity contribution in [1.82, 2.24) is 19.7 Å². The lowest BCUT2D eigenvalue weighted by Gasteiger charge is -2.16. The summed E-state index contributed by atoms with van der Waals surface area (Å²) < 4.78 is 13.0. The van der Waals surface area contributed by atoms with E-state index in [1.807, 2.05) is 55.5 Å². The highest BCUT2D eigenvalue weighted by Crippen LogP contribution is 2.25. The molecule has 2 aromatic carbocycles. The molecule has 0 N–H and O–H groups in total. The second-order valence-electron chi connectivity index (χ2n) is 7.58. The number of hydrogen-bond donors (Lipinski definition) is 0. The summed E-state index contributed by atoms with van der Waals surface area (Å²) in [6.07, 6.45) is 2.01. The van der Waals surface area contributed by atoms with Gasteiger partial charge in [0.15, 0.2) is 5.16 Å². The van der Waals surface area contributed by atoms with Crippen LogP contribution in [0, 0.1) is 6.92 Å². The molecule has 1 aliphatic heterocycles. The molecule has 4 aromatic rings. The van der Waals surface area contributed by atoms with E-state index < -0.39 is 0 Å². The van der Waals surface area contributed by atoms with Crippen molar-refractivity contribution < 1.29 is 9.26 Å². The summed E-state index contributed by atoms with van der Waals surface area (Å²) in [7, 11) is 0. The van der Waals surface area contributed by atoms with Gasteiger partial charge in [-0.25, -0.2) is 4.98 Å². The zero-order valence-corrected chi connectivity index (χ0v) is 18.0. The summed E-state index contributed by atoms with van der Waals surface area (Å²) in [6.45, 7) is 3.26. The molecule has 0 aliphatic carbocycles. The van der Waals surface area contributed by atoms with Gasteiger partial charge in [0.1, 0.15) is 0 Å². The first-order valence-electron chi connectivity index (χ1n) is 10.3. The third-order valence-corrected chi connectivity index (χ3v) is 6.38. The molecule has 1 unspecified atom stereocenters. The van der Waals surface area contributed by atoms with Gasteiger partial charge in [-0.2, -0.15) is 4.98 Å². The van der Waals surface area contributed by atoms with Crippen LogP contribution in [0.4, 0.5) is 0 Å². The third kappa shape index (κ3) is 4.13. The fourth-order valence-corrected chi connectivity index (χ4v) is 4.63. The molecule has 2 aromatic heterocycles. The molecular formula is C23H22N4O3S. The lowest BCUT2D eigenvalue weighted by molar-refractivity contribution is 0.0937. The molecule has 1 aliphatic rings. The number of para-hydroxylation sites is 1. The molecule has 1 atom stereocenters. The van der Waals surface area contributed by atoms with Crippen molar-refractivity contribution in [3.8, 4) is 11.4 Å². The fraction of sp³-hybridized carbons (Fsp3) is 0.304. The van der Waals surface area contributed by atoms with E-state index in [-0.39, 0.29) is 11.7 Å². The van der Waals surface area contributed by atoms with Crippen LogP contribution in [0.2, 0.25) is 0 Å². The molecule has 0 saturated carbocycles. The zero-order valence-electron chi connectivity index (χ0n) is 17.2. The number of aromatic nitrogens is 4. The molecular weight excluding hydrogens is 412 g/mol. The van der Waals surface area contributed by atoms with Crippen LogP contribution in [0.5, 0.6) is 0 Å². The number of nitrogens with zero attached hydrogens (tertiary/aromatic N) is 4. The van der Waals surface area contributed by atoms with Crippen LogP contribution < -0.4 is 5.56 Å². The van der Waals surface area contributed by atoms with E-state index >= 15 is 0 Å². The average molecular weight is 435 g/mol. The second kappa shape index (κ2) is 8.64. The van der Waals surface area contributed by atoms with Gasteiger partial charge >= 0.3 is 0 Å². The lowest BCUT2D eigenvalue weighted by atomic mass is 10.1. The van der Waals surface area contributed by atoms with Gasteiger partial charge in [-0.1, -0.05) is 53.3 Å². The molecule has 0 amide bonds. The minimum atomic E-state index is -0.0465. The summed E-state index contributed by atoms with van der Waals surface area (Å²) >= 11 is 1.43. The molecule has 7 nitrogen and oxygen atoms in total. The monoisotopic (exact) mass is 434 g/mol. The molecule has 1 saturated heterocycles. The average Bonchev–Trinajstić information content (AvgIpc) is 3.47. The Morgan fingerprint density at radius 3 is 2.81 bits per heavy atom. The van der Waals surface area contributed by atoms with Crippen LogP contribution in [0.3, 0.4) is 0 Å². The minimum absolute atomic E-state index is 0.0380. The Labute approximate surface area is 183 Å². The van der Waals surface area contributed by atoms with Gasteiger partial charge in [0, 0.05) is 12.2 Å². The van der Waals surface area contributed by atoms with Crippen LogP contribution in [0.1, 0.15) is 24.3 Å². The maximum Gasteiger partial charge on any atom is 0.262 e. The molecule has 0 spiro atoms. The van der Waals surface area contributed by atoms with Gasteiger partial charge in [-0.3, -0.25) is 9.36 Å². The van der Waals surface area contributed by atoms with E-state index in [9.17, 15) is 4.79 Å². The topological polar surface area (TPSA) is 83.0 Å². The molecule has 5 rings (SSSR count). The number of thioether (sulfide) groups is 1. The Morgan fingerprint density at radius 2 is 1.97 bits per heavy atom.